The molecular formula is C29H50N4O12. The Morgan fingerprint density at radius 2 is 1.49 bits per heavy atom. The number of imide groups is 1. The Bertz CT molecular complexity index is 946. The van der Waals surface area contributed by atoms with Crippen molar-refractivity contribution in [1.82, 2.24) is 20.0 Å². The molecular weight excluding hydrogens is 596 g/mol. The highest BCUT2D eigenvalue weighted by Gasteiger charge is 2.49. The average molecular weight is 647 g/mol. The molecule has 0 spiro atoms. The molecule has 7 N–H and O–H groups in total. The predicted octanol–water partition coefficient (Wildman–Crippen LogP) is 0.610. The van der Waals surface area contributed by atoms with E-state index in [0.29, 0.717) is 21.1 Å². The molecule has 2 unspecified atom stereocenters. The maximum Gasteiger partial charge on any atom is 0.345 e. The molecule has 5 amide bonds. The van der Waals surface area contributed by atoms with Gasteiger partial charge in [0.05, 0.1) is 6.61 Å². The number of nitrogens with zero attached hydrogens (tertiary/aromatic N) is 3. The summed E-state index contributed by atoms with van der Waals surface area (Å²) < 4.78 is 4.42. The number of urea groups is 2. The van der Waals surface area contributed by atoms with Crippen molar-refractivity contribution in [2.24, 2.45) is 0 Å². The number of aliphatic hydroxyl groups excluding tert-OH is 6. The zero-order valence-corrected chi connectivity index (χ0v) is 26.0. The lowest BCUT2D eigenvalue weighted by molar-refractivity contribution is -0.167. The lowest BCUT2D eigenvalue weighted by atomic mass is 10.1. The van der Waals surface area contributed by atoms with Crippen molar-refractivity contribution in [2.75, 3.05) is 33.5 Å². The summed E-state index contributed by atoms with van der Waals surface area (Å²) in [7, 11) is 0. The summed E-state index contributed by atoms with van der Waals surface area (Å²) in [5, 5.41) is 55.1. The number of hydrogen-bond acceptors (Lipinski definition) is 12. The lowest BCUT2D eigenvalue weighted by Gasteiger charge is -2.29. The Morgan fingerprint density at radius 1 is 0.889 bits per heavy atom. The summed E-state index contributed by atoms with van der Waals surface area (Å²) in [5.41, 5.74) is 0. The first-order chi connectivity index (χ1) is 21.6. The third-order valence-electron chi connectivity index (χ3n) is 6.48. The first-order valence-electron chi connectivity index (χ1n) is 15.1. The van der Waals surface area contributed by atoms with Gasteiger partial charge in [0.2, 0.25) is 0 Å². The molecule has 2 atom stereocenters. The fourth-order valence-electron chi connectivity index (χ4n) is 4.00. The maximum atomic E-state index is 11.8. The quantitative estimate of drug-likeness (QED) is 0.0227. The van der Waals surface area contributed by atoms with Crippen LogP contribution in [-0.4, -0.2) is 121 Å². The van der Waals surface area contributed by atoms with Crippen LogP contribution in [0.4, 0.5) is 9.59 Å². The number of nitrogens with one attached hydrogen (secondary N) is 1. The number of rotatable bonds is 21. The van der Waals surface area contributed by atoms with E-state index >= 15 is 0 Å². The standard InChI is InChI=1S/C21H36O5.C8H14N4O7/c1-2-3-4-5-6-7-8-9-10-11-12-13-14-15-16-17-20(24)26-21(25)19(23)18-22;13-1-9-7(18)10(2-14)5-6(17)12(4-16)8(19)11(5)3-15/h6-7,9-10,19,22-23H,2-5,8,11-18H2,1H3;5,13-16H,1-4H2,(H,9,18)/b7-6-,10-9-;. The van der Waals surface area contributed by atoms with Gasteiger partial charge in [-0.15, -0.1) is 0 Å². The molecule has 45 heavy (non-hydrogen) atoms. The molecule has 1 aliphatic rings. The van der Waals surface area contributed by atoms with Gasteiger partial charge in [-0.05, 0) is 38.5 Å². The summed E-state index contributed by atoms with van der Waals surface area (Å²) in [6, 6.07) is -2.02. The second-order valence-electron chi connectivity index (χ2n) is 9.90. The third-order valence-corrected chi connectivity index (χ3v) is 6.48. The van der Waals surface area contributed by atoms with Gasteiger partial charge in [-0.1, -0.05) is 63.3 Å². The van der Waals surface area contributed by atoms with Crippen molar-refractivity contribution in [2.45, 2.75) is 96.2 Å². The minimum atomic E-state index is -1.64. The average Bonchev–Trinajstić information content (AvgIpc) is 3.27. The highest BCUT2D eigenvalue weighted by molar-refractivity contribution is 6.05. The van der Waals surface area contributed by atoms with Gasteiger partial charge in [-0.25, -0.2) is 19.3 Å². The zero-order valence-electron chi connectivity index (χ0n) is 26.0. The highest BCUT2D eigenvalue weighted by Crippen LogP contribution is 2.19. The second kappa shape index (κ2) is 25.9. The number of amides is 5. The van der Waals surface area contributed by atoms with Crippen molar-refractivity contribution in [1.29, 1.82) is 0 Å². The van der Waals surface area contributed by atoms with Crippen molar-refractivity contribution >= 4 is 29.9 Å². The van der Waals surface area contributed by atoms with Gasteiger partial charge in [-0.2, -0.15) is 0 Å². The van der Waals surface area contributed by atoms with Gasteiger partial charge in [-0.3, -0.25) is 19.4 Å². The van der Waals surface area contributed by atoms with E-state index < -0.39 is 75.7 Å². The second-order valence-corrected chi connectivity index (χ2v) is 9.90. The van der Waals surface area contributed by atoms with Crippen LogP contribution >= 0.6 is 0 Å². The zero-order chi connectivity index (χ0) is 34.0. The predicted molar refractivity (Wildman–Crippen MR) is 160 cm³/mol. The number of esters is 2. The maximum absolute atomic E-state index is 11.8. The smallest absolute Gasteiger partial charge is 0.345 e. The van der Waals surface area contributed by atoms with Crippen molar-refractivity contribution < 1.29 is 59.3 Å². The molecule has 1 heterocycles. The van der Waals surface area contributed by atoms with E-state index in [9.17, 15) is 24.0 Å². The van der Waals surface area contributed by atoms with Gasteiger partial charge < -0.3 is 40.7 Å². The van der Waals surface area contributed by atoms with Crippen molar-refractivity contribution in [3.8, 4) is 0 Å². The van der Waals surface area contributed by atoms with Crippen molar-refractivity contribution in [3.05, 3.63) is 24.3 Å². The van der Waals surface area contributed by atoms with E-state index in [-0.39, 0.29) is 6.42 Å². The first-order valence-corrected chi connectivity index (χ1v) is 15.1. The number of carbonyl (C=O) groups excluding carboxylic acids is 5. The molecule has 1 fully saturated rings. The minimum Gasteiger partial charge on any atom is -0.393 e. The van der Waals surface area contributed by atoms with Crippen molar-refractivity contribution in [3.63, 3.8) is 0 Å². The SMILES string of the molecule is CCCCC/C=C\C/C=C\CCCCCCCC(=O)OC(=O)C(O)CO.O=C1C(N(CO)C(=O)NCO)N(CO)C(=O)N1CO. The minimum absolute atomic E-state index is 0.161. The fraction of sp³-hybridized carbons (Fsp3) is 0.690. The summed E-state index contributed by atoms with van der Waals surface area (Å²) in [5.74, 6) is -2.71. The van der Waals surface area contributed by atoms with Crippen LogP contribution < -0.4 is 5.32 Å². The lowest BCUT2D eigenvalue weighted by Crippen LogP contribution is -2.55. The number of allylic oxidation sites excluding steroid dienone is 4. The van der Waals surface area contributed by atoms with E-state index in [0.717, 1.165) is 38.5 Å². The Balaban J connectivity index is 0.000000900. The topological polar surface area (TPSA) is 238 Å². The van der Waals surface area contributed by atoms with Crippen LogP contribution in [0.2, 0.25) is 0 Å². The van der Waals surface area contributed by atoms with Crippen LogP contribution in [0.15, 0.2) is 24.3 Å². The number of aliphatic hydroxyl groups is 6. The number of ether oxygens (including phenoxy) is 1. The molecule has 0 aromatic carbocycles. The number of carbonyl (C=O) groups is 5. The molecule has 1 rings (SSSR count). The molecule has 258 valence electrons. The van der Waals surface area contributed by atoms with Crippen LogP contribution in [0, 0.1) is 0 Å². The number of unbranched alkanes of at least 4 members (excludes halogenated alkanes) is 8. The Labute approximate surface area is 263 Å². The van der Waals surface area contributed by atoms with Crippen LogP contribution in [0.3, 0.4) is 0 Å². The first kappa shape index (κ1) is 41.6. The Kier molecular flexibility index (Phi) is 23.9. The van der Waals surface area contributed by atoms with E-state index in [1.807, 2.05) is 5.32 Å². The molecule has 16 heteroatoms. The summed E-state index contributed by atoms with van der Waals surface area (Å²) in [4.78, 5) is 58.9. The van der Waals surface area contributed by atoms with E-state index in [1.54, 1.807) is 0 Å². The summed E-state index contributed by atoms with van der Waals surface area (Å²) >= 11 is 0. The molecule has 0 radical (unpaired) electrons. The van der Waals surface area contributed by atoms with Gasteiger partial charge in [0.15, 0.2) is 12.3 Å². The third kappa shape index (κ3) is 16.5. The van der Waals surface area contributed by atoms with Crippen LogP contribution in [0.5, 0.6) is 0 Å². The van der Waals surface area contributed by atoms with Gasteiger partial charge >= 0.3 is 24.0 Å². The van der Waals surface area contributed by atoms with E-state index in [2.05, 4.69) is 36.0 Å². The van der Waals surface area contributed by atoms with Crippen LogP contribution in [-0.2, 0) is 19.1 Å². The van der Waals surface area contributed by atoms with Gasteiger partial charge in [0, 0.05) is 6.42 Å². The Morgan fingerprint density at radius 3 is 2.02 bits per heavy atom. The normalized spacial score (nSPS) is 15.4. The van der Waals surface area contributed by atoms with E-state index in [1.165, 1.54) is 25.7 Å². The van der Waals surface area contributed by atoms with Crippen LogP contribution in [0.25, 0.3) is 0 Å². The summed E-state index contributed by atoms with van der Waals surface area (Å²) in [6.45, 7) is -2.02. The van der Waals surface area contributed by atoms with Gasteiger partial charge in [0.1, 0.15) is 26.9 Å². The van der Waals surface area contributed by atoms with E-state index in [4.69, 9.17) is 30.6 Å². The molecule has 0 aromatic heterocycles. The molecule has 16 nitrogen and oxygen atoms in total. The number of hydrogen-bond donors (Lipinski definition) is 7. The highest BCUT2D eigenvalue weighted by atomic mass is 16.6. The summed E-state index contributed by atoms with van der Waals surface area (Å²) in [6.07, 6.45) is 17.9. The van der Waals surface area contributed by atoms with Gasteiger partial charge in [0.25, 0.3) is 5.91 Å². The molecule has 0 aliphatic carbocycles. The molecule has 1 aliphatic heterocycles. The van der Waals surface area contributed by atoms with Crippen LogP contribution in [0.1, 0.15) is 84.0 Å². The Hall–Kier alpha value is -3.41. The molecule has 0 aromatic rings. The molecule has 0 saturated carbocycles. The molecule has 0 bridgehead atoms. The largest absolute Gasteiger partial charge is 0.393 e. The fourth-order valence-corrected chi connectivity index (χ4v) is 4.00. The molecule has 1 saturated heterocycles. The monoisotopic (exact) mass is 646 g/mol.